The summed E-state index contributed by atoms with van der Waals surface area (Å²) in [6, 6.07) is 0. The second kappa shape index (κ2) is 19.1. The summed E-state index contributed by atoms with van der Waals surface area (Å²) in [7, 11) is 0. The summed E-state index contributed by atoms with van der Waals surface area (Å²) in [6.07, 6.45) is 1.67. The largest absolute Gasteiger partial charge is 0.393 e. The third kappa shape index (κ3) is 24.8. The average Bonchev–Trinajstić information content (AvgIpc) is 2.45. The van der Waals surface area contributed by atoms with Gasteiger partial charge in [-0.25, -0.2) is 0 Å². The smallest absolute Gasteiger partial charge is 0.0784 e. The fourth-order valence-electron chi connectivity index (χ4n) is 0.552. The lowest BCUT2D eigenvalue weighted by Crippen LogP contribution is -2.27. The molecule has 6 heteroatoms. The molecule has 0 amide bonds. The van der Waals surface area contributed by atoms with Crippen LogP contribution in [0.1, 0.15) is 40.0 Å². The van der Waals surface area contributed by atoms with E-state index in [1.165, 1.54) is 0 Å². The van der Waals surface area contributed by atoms with Crippen molar-refractivity contribution in [3.05, 3.63) is 0 Å². The second-order valence-electron chi connectivity index (χ2n) is 3.89. The van der Waals surface area contributed by atoms with Gasteiger partial charge in [0, 0.05) is 19.6 Å². The van der Waals surface area contributed by atoms with Gasteiger partial charge >= 0.3 is 0 Å². The highest BCUT2D eigenvalue weighted by Gasteiger charge is 1.91. The molecule has 0 radical (unpaired) electrons. The SMILES string of the molecule is CCC(O)CC.CCC(O)CN.NCC(O)CN. The first-order chi connectivity index (χ1) is 8.42. The van der Waals surface area contributed by atoms with Crippen LogP contribution in [0.3, 0.4) is 0 Å². The van der Waals surface area contributed by atoms with E-state index in [-0.39, 0.29) is 25.3 Å². The molecule has 1 unspecified atom stereocenters. The third-order valence-electron chi connectivity index (χ3n) is 2.23. The van der Waals surface area contributed by atoms with Gasteiger partial charge in [0.05, 0.1) is 18.3 Å². The highest BCUT2D eigenvalue weighted by Crippen LogP contribution is 1.92. The van der Waals surface area contributed by atoms with Crippen molar-refractivity contribution in [1.29, 1.82) is 0 Å². The molecule has 0 aliphatic heterocycles. The maximum absolute atomic E-state index is 8.67. The van der Waals surface area contributed by atoms with Gasteiger partial charge in [0.15, 0.2) is 0 Å². The molecule has 0 saturated heterocycles. The molecule has 0 saturated carbocycles. The first-order valence-corrected chi connectivity index (χ1v) is 6.57. The molecule has 0 aliphatic rings. The quantitative estimate of drug-likeness (QED) is 0.370. The molecule has 0 aliphatic carbocycles. The van der Waals surface area contributed by atoms with E-state index in [0.717, 1.165) is 19.3 Å². The molecular weight excluding hydrogens is 234 g/mol. The minimum atomic E-state index is -0.509. The van der Waals surface area contributed by atoms with E-state index < -0.39 is 6.10 Å². The Kier molecular flexibility index (Phi) is 24.3. The minimum Gasteiger partial charge on any atom is -0.393 e. The van der Waals surface area contributed by atoms with E-state index in [9.17, 15) is 0 Å². The van der Waals surface area contributed by atoms with Crippen LogP contribution >= 0.6 is 0 Å². The first-order valence-electron chi connectivity index (χ1n) is 6.57. The zero-order chi connectivity index (χ0) is 15.0. The van der Waals surface area contributed by atoms with Crippen LogP contribution in [0.15, 0.2) is 0 Å². The molecule has 0 spiro atoms. The fourth-order valence-corrected chi connectivity index (χ4v) is 0.552. The van der Waals surface area contributed by atoms with Crippen LogP contribution in [-0.2, 0) is 0 Å². The van der Waals surface area contributed by atoms with E-state index in [1.54, 1.807) is 0 Å². The first kappa shape index (κ1) is 22.9. The van der Waals surface area contributed by atoms with Gasteiger partial charge in [0.1, 0.15) is 0 Å². The molecule has 0 aromatic rings. The number of aliphatic hydroxyl groups excluding tert-OH is 3. The normalized spacial score (nSPS) is 11.5. The number of hydrogen-bond donors (Lipinski definition) is 6. The maximum Gasteiger partial charge on any atom is 0.0784 e. The van der Waals surface area contributed by atoms with E-state index in [0.29, 0.717) is 6.54 Å². The van der Waals surface area contributed by atoms with Gasteiger partial charge < -0.3 is 32.5 Å². The molecule has 0 aromatic carbocycles. The minimum absolute atomic E-state index is 0.0648. The standard InChI is InChI=1S/C5H12O.C4H11NO.C3H10N2O/c1-3-5(6)4-2;1-2-4(6)3-5;4-1-3(6)2-5/h5-6H,3-4H2,1-2H3;4,6H,2-3,5H2,1H3;3,6H,1-2,4-5H2. The van der Waals surface area contributed by atoms with Gasteiger partial charge in [0.2, 0.25) is 0 Å². The highest BCUT2D eigenvalue weighted by atomic mass is 16.3. The molecule has 114 valence electrons. The lowest BCUT2D eigenvalue weighted by atomic mass is 10.2. The van der Waals surface area contributed by atoms with Crippen molar-refractivity contribution in [2.24, 2.45) is 17.2 Å². The van der Waals surface area contributed by atoms with Crippen molar-refractivity contribution in [3.63, 3.8) is 0 Å². The van der Waals surface area contributed by atoms with Crippen molar-refractivity contribution in [1.82, 2.24) is 0 Å². The molecule has 18 heavy (non-hydrogen) atoms. The van der Waals surface area contributed by atoms with Crippen molar-refractivity contribution in [2.45, 2.75) is 58.3 Å². The van der Waals surface area contributed by atoms with E-state index in [1.807, 2.05) is 20.8 Å². The molecule has 0 bridgehead atoms. The van der Waals surface area contributed by atoms with Crippen LogP contribution < -0.4 is 17.2 Å². The summed E-state index contributed by atoms with van der Waals surface area (Å²) in [5.41, 5.74) is 14.9. The van der Waals surface area contributed by atoms with E-state index in [2.05, 4.69) is 0 Å². The van der Waals surface area contributed by atoms with Gasteiger partial charge in [-0.2, -0.15) is 0 Å². The van der Waals surface area contributed by atoms with Crippen molar-refractivity contribution < 1.29 is 15.3 Å². The highest BCUT2D eigenvalue weighted by molar-refractivity contribution is 4.52. The Morgan fingerprint density at radius 1 is 0.611 bits per heavy atom. The van der Waals surface area contributed by atoms with E-state index in [4.69, 9.17) is 32.5 Å². The molecule has 9 N–H and O–H groups in total. The summed E-state index contributed by atoms with van der Waals surface area (Å²) in [6.45, 7) is 6.77. The van der Waals surface area contributed by atoms with Crippen LogP contribution in [0, 0.1) is 0 Å². The predicted octanol–water partition coefficient (Wildman–Crippen LogP) is -0.852. The molecular formula is C12H33N3O3. The van der Waals surface area contributed by atoms with Gasteiger partial charge in [-0.3, -0.25) is 0 Å². The molecule has 0 heterocycles. The van der Waals surface area contributed by atoms with Crippen molar-refractivity contribution in [3.8, 4) is 0 Å². The van der Waals surface area contributed by atoms with Crippen molar-refractivity contribution >= 4 is 0 Å². The number of hydrogen-bond acceptors (Lipinski definition) is 6. The Balaban J connectivity index is -0.000000187. The monoisotopic (exact) mass is 267 g/mol. The Morgan fingerprint density at radius 3 is 0.889 bits per heavy atom. The van der Waals surface area contributed by atoms with Gasteiger partial charge in [0.25, 0.3) is 0 Å². The van der Waals surface area contributed by atoms with Crippen LogP contribution in [0.2, 0.25) is 0 Å². The average molecular weight is 267 g/mol. The molecule has 6 nitrogen and oxygen atoms in total. The van der Waals surface area contributed by atoms with Gasteiger partial charge in [-0.15, -0.1) is 0 Å². The summed E-state index contributed by atoms with van der Waals surface area (Å²) in [4.78, 5) is 0. The number of nitrogens with two attached hydrogens (primary N) is 3. The van der Waals surface area contributed by atoms with Crippen molar-refractivity contribution in [2.75, 3.05) is 19.6 Å². The molecule has 1 atom stereocenters. The predicted molar refractivity (Wildman–Crippen MR) is 76.1 cm³/mol. The zero-order valence-electron chi connectivity index (χ0n) is 12.0. The van der Waals surface area contributed by atoms with Gasteiger partial charge in [-0.1, -0.05) is 20.8 Å². The fraction of sp³-hybridized carbons (Fsp3) is 1.00. The van der Waals surface area contributed by atoms with Gasteiger partial charge in [-0.05, 0) is 19.3 Å². The van der Waals surface area contributed by atoms with Crippen LogP contribution in [0.5, 0.6) is 0 Å². The van der Waals surface area contributed by atoms with Crippen LogP contribution in [-0.4, -0.2) is 53.3 Å². The number of rotatable bonds is 6. The molecule has 0 aromatic heterocycles. The Morgan fingerprint density at radius 2 is 0.889 bits per heavy atom. The molecule has 0 fully saturated rings. The topological polar surface area (TPSA) is 139 Å². The summed E-state index contributed by atoms with van der Waals surface area (Å²) < 4.78 is 0. The Labute approximate surface area is 111 Å². The zero-order valence-corrected chi connectivity index (χ0v) is 12.0. The maximum atomic E-state index is 8.67. The Hall–Kier alpha value is -0.240. The summed E-state index contributed by atoms with van der Waals surface area (Å²) in [5, 5.41) is 25.6. The number of aliphatic hydroxyl groups is 3. The third-order valence-corrected chi connectivity index (χ3v) is 2.23. The summed E-state index contributed by atoms with van der Waals surface area (Å²) >= 11 is 0. The Bertz CT molecular complexity index is 104. The van der Waals surface area contributed by atoms with Crippen LogP contribution in [0.4, 0.5) is 0 Å². The second-order valence-corrected chi connectivity index (χ2v) is 3.89. The summed E-state index contributed by atoms with van der Waals surface area (Å²) in [5.74, 6) is 0. The van der Waals surface area contributed by atoms with E-state index >= 15 is 0 Å². The molecule has 0 rings (SSSR count). The lowest BCUT2D eigenvalue weighted by Gasteiger charge is -1.98. The lowest BCUT2D eigenvalue weighted by molar-refractivity contribution is 0.166. The van der Waals surface area contributed by atoms with Crippen LogP contribution in [0.25, 0.3) is 0 Å².